The van der Waals surface area contributed by atoms with E-state index in [1.54, 1.807) is 0 Å². The molecule has 1 aliphatic carbocycles. The van der Waals surface area contributed by atoms with Gasteiger partial charge < -0.3 is 18.9 Å². The van der Waals surface area contributed by atoms with Crippen molar-refractivity contribution in [2.75, 3.05) is 39.5 Å². The molecule has 3 aromatic rings. The zero-order chi connectivity index (χ0) is 22.3. The topological polar surface area (TPSA) is 68.0 Å². The molecule has 0 spiro atoms. The minimum Gasteiger partial charge on any atom is -0.454 e. The molecule has 2 aromatic carbocycles. The van der Waals surface area contributed by atoms with Crippen LogP contribution in [0.15, 0.2) is 59.1 Å². The summed E-state index contributed by atoms with van der Waals surface area (Å²) in [6.07, 6.45) is 2.70. The van der Waals surface area contributed by atoms with Crippen LogP contribution < -0.4 is 9.47 Å². The Hall–Kier alpha value is -3.32. The number of ether oxygens (including phenoxy) is 2. The first-order valence-corrected chi connectivity index (χ1v) is 11.6. The van der Waals surface area contributed by atoms with Crippen molar-refractivity contribution in [1.29, 1.82) is 0 Å². The predicted molar refractivity (Wildman–Crippen MR) is 122 cm³/mol. The Morgan fingerprint density at radius 3 is 2.52 bits per heavy atom. The fraction of sp³-hybridized carbons (Fsp3) is 0.385. The second-order valence-electron chi connectivity index (χ2n) is 9.10. The highest BCUT2D eigenvalue weighted by atomic mass is 16.7. The van der Waals surface area contributed by atoms with Gasteiger partial charge in [0.1, 0.15) is 0 Å². The van der Waals surface area contributed by atoms with Crippen LogP contribution in [0.5, 0.6) is 11.5 Å². The number of carbonyl (C=O) groups excluding carboxylic acids is 1. The van der Waals surface area contributed by atoms with Crippen LogP contribution in [0.4, 0.5) is 0 Å². The predicted octanol–water partition coefficient (Wildman–Crippen LogP) is 3.49. The van der Waals surface area contributed by atoms with E-state index in [0.717, 1.165) is 69.0 Å². The second kappa shape index (κ2) is 8.23. The SMILES string of the molecule is O=C(N1CCN(CCc2ccccc2)CC1)C1(c2cc(-c3ccc4c(c3)OCO4)on2)CC1. The molecular weight excluding hydrogens is 418 g/mol. The molecule has 0 N–H and O–H groups in total. The molecule has 3 aliphatic rings. The number of piperazine rings is 1. The lowest BCUT2D eigenvalue weighted by Crippen LogP contribution is -2.51. The minimum atomic E-state index is -0.524. The summed E-state index contributed by atoms with van der Waals surface area (Å²) >= 11 is 0. The van der Waals surface area contributed by atoms with Gasteiger partial charge in [-0.05, 0) is 43.0 Å². The number of hydrogen-bond donors (Lipinski definition) is 0. The highest BCUT2D eigenvalue weighted by Gasteiger charge is 2.55. The molecule has 0 bridgehead atoms. The van der Waals surface area contributed by atoms with Gasteiger partial charge in [-0.1, -0.05) is 35.5 Å². The summed E-state index contributed by atoms with van der Waals surface area (Å²) in [6, 6.07) is 18.2. The van der Waals surface area contributed by atoms with Crippen molar-refractivity contribution < 1.29 is 18.8 Å². The maximum absolute atomic E-state index is 13.5. The molecule has 7 heteroatoms. The van der Waals surface area contributed by atoms with Crippen LogP contribution in [0, 0.1) is 0 Å². The molecule has 3 heterocycles. The fourth-order valence-corrected chi connectivity index (χ4v) is 4.80. The molecule has 170 valence electrons. The number of hydrogen-bond acceptors (Lipinski definition) is 6. The Bertz CT molecular complexity index is 1150. The third kappa shape index (κ3) is 3.86. The fourth-order valence-electron chi connectivity index (χ4n) is 4.80. The number of aromatic nitrogens is 1. The molecule has 33 heavy (non-hydrogen) atoms. The number of rotatable bonds is 6. The van der Waals surface area contributed by atoms with Crippen molar-refractivity contribution in [3.05, 3.63) is 65.9 Å². The molecule has 1 saturated heterocycles. The summed E-state index contributed by atoms with van der Waals surface area (Å²) < 4.78 is 16.5. The van der Waals surface area contributed by atoms with E-state index in [1.807, 2.05) is 29.2 Å². The highest BCUT2D eigenvalue weighted by molar-refractivity contribution is 5.91. The largest absolute Gasteiger partial charge is 0.454 e. The van der Waals surface area contributed by atoms with Gasteiger partial charge in [0.15, 0.2) is 17.3 Å². The van der Waals surface area contributed by atoms with Gasteiger partial charge in [0.2, 0.25) is 12.7 Å². The first-order chi connectivity index (χ1) is 16.2. The number of carbonyl (C=O) groups is 1. The maximum Gasteiger partial charge on any atom is 0.235 e. The lowest BCUT2D eigenvalue weighted by Gasteiger charge is -2.36. The van der Waals surface area contributed by atoms with Gasteiger partial charge in [0, 0.05) is 44.4 Å². The van der Waals surface area contributed by atoms with Gasteiger partial charge in [-0.25, -0.2) is 0 Å². The number of fused-ring (bicyclic) bond motifs is 1. The Kier molecular flexibility index (Phi) is 5.06. The molecule has 0 atom stereocenters. The van der Waals surface area contributed by atoms with E-state index >= 15 is 0 Å². The van der Waals surface area contributed by atoms with Crippen molar-refractivity contribution in [2.24, 2.45) is 0 Å². The lowest BCUT2D eigenvalue weighted by atomic mass is 9.99. The first kappa shape index (κ1) is 20.3. The van der Waals surface area contributed by atoms with Gasteiger partial charge in [-0.2, -0.15) is 0 Å². The number of nitrogens with zero attached hydrogens (tertiary/aromatic N) is 3. The van der Waals surface area contributed by atoms with E-state index in [4.69, 9.17) is 14.0 Å². The van der Waals surface area contributed by atoms with Gasteiger partial charge >= 0.3 is 0 Å². The van der Waals surface area contributed by atoms with Crippen LogP contribution in [0.2, 0.25) is 0 Å². The normalized spacial score (nSPS) is 19.0. The third-order valence-electron chi connectivity index (χ3n) is 7.04. The van der Waals surface area contributed by atoms with Gasteiger partial charge in [0.05, 0.1) is 11.1 Å². The van der Waals surface area contributed by atoms with E-state index in [0.29, 0.717) is 11.5 Å². The molecule has 7 nitrogen and oxygen atoms in total. The van der Waals surface area contributed by atoms with Gasteiger partial charge in [-0.15, -0.1) is 0 Å². The summed E-state index contributed by atoms with van der Waals surface area (Å²) in [5.41, 5.74) is 2.45. The third-order valence-corrected chi connectivity index (χ3v) is 7.04. The van der Waals surface area contributed by atoms with Crippen LogP contribution in [-0.4, -0.2) is 60.4 Å². The quantitative estimate of drug-likeness (QED) is 0.579. The van der Waals surface area contributed by atoms with Crippen LogP contribution in [0.1, 0.15) is 24.1 Å². The van der Waals surface area contributed by atoms with E-state index < -0.39 is 5.41 Å². The standard InChI is InChI=1S/C26H27N3O4/c30-25(29-14-12-28(13-15-29)11-8-19-4-2-1-3-5-19)26(9-10-26)24-17-22(33-27-24)20-6-7-21-23(16-20)32-18-31-21/h1-7,16-17H,8-15,18H2. The average Bonchev–Trinajstić information content (AvgIpc) is 3.28. The smallest absolute Gasteiger partial charge is 0.235 e. The van der Waals surface area contributed by atoms with E-state index in [-0.39, 0.29) is 12.7 Å². The summed E-state index contributed by atoms with van der Waals surface area (Å²) in [7, 11) is 0. The van der Waals surface area contributed by atoms with Gasteiger partial charge in [-0.3, -0.25) is 9.69 Å². The first-order valence-electron chi connectivity index (χ1n) is 11.6. The van der Waals surface area contributed by atoms with Gasteiger partial charge in [0.25, 0.3) is 0 Å². The average molecular weight is 446 g/mol. The number of benzene rings is 2. The summed E-state index contributed by atoms with van der Waals surface area (Å²) in [5, 5.41) is 4.31. The molecule has 1 saturated carbocycles. The molecule has 2 aliphatic heterocycles. The molecule has 0 radical (unpaired) electrons. The molecular formula is C26H27N3O4. The summed E-state index contributed by atoms with van der Waals surface area (Å²) in [4.78, 5) is 17.9. The zero-order valence-corrected chi connectivity index (χ0v) is 18.5. The Labute approximate surface area is 192 Å². The Morgan fingerprint density at radius 1 is 0.939 bits per heavy atom. The van der Waals surface area contributed by atoms with Crippen molar-refractivity contribution in [1.82, 2.24) is 15.0 Å². The molecule has 1 aromatic heterocycles. The molecule has 0 unspecified atom stereocenters. The van der Waals surface area contributed by atoms with Crippen molar-refractivity contribution in [2.45, 2.75) is 24.7 Å². The number of amides is 1. The van der Waals surface area contributed by atoms with E-state index in [9.17, 15) is 4.79 Å². The lowest BCUT2D eigenvalue weighted by molar-refractivity contribution is -0.135. The Morgan fingerprint density at radius 2 is 1.73 bits per heavy atom. The van der Waals surface area contributed by atoms with Crippen LogP contribution in [-0.2, 0) is 16.6 Å². The van der Waals surface area contributed by atoms with Crippen molar-refractivity contribution in [3.8, 4) is 22.8 Å². The highest BCUT2D eigenvalue weighted by Crippen LogP contribution is 2.50. The van der Waals surface area contributed by atoms with E-state index in [1.165, 1.54) is 5.56 Å². The second-order valence-corrected chi connectivity index (χ2v) is 9.10. The maximum atomic E-state index is 13.5. The molecule has 2 fully saturated rings. The van der Waals surface area contributed by atoms with Crippen LogP contribution >= 0.6 is 0 Å². The monoisotopic (exact) mass is 445 g/mol. The summed E-state index contributed by atoms with van der Waals surface area (Å²) in [6.45, 7) is 4.62. The minimum absolute atomic E-state index is 0.191. The van der Waals surface area contributed by atoms with Crippen molar-refractivity contribution >= 4 is 5.91 Å². The zero-order valence-electron chi connectivity index (χ0n) is 18.5. The van der Waals surface area contributed by atoms with Crippen LogP contribution in [0.3, 0.4) is 0 Å². The van der Waals surface area contributed by atoms with Crippen molar-refractivity contribution in [3.63, 3.8) is 0 Å². The molecule has 1 amide bonds. The Balaban J connectivity index is 1.09. The summed E-state index contributed by atoms with van der Waals surface area (Å²) in [5.74, 6) is 2.27. The molecule has 6 rings (SSSR count). The van der Waals surface area contributed by atoms with E-state index in [2.05, 4.69) is 40.4 Å². The van der Waals surface area contributed by atoms with Crippen LogP contribution in [0.25, 0.3) is 11.3 Å².